The Morgan fingerprint density at radius 3 is 2.76 bits per heavy atom. The van der Waals surface area contributed by atoms with Crippen molar-refractivity contribution < 1.29 is 9.47 Å². The van der Waals surface area contributed by atoms with Crippen molar-refractivity contribution in [1.29, 1.82) is 0 Å². The summed E-state index contributed by atoms with van der Waals surface area (Å²) in [6.45, 7) is 1.49. The summed E-state index contributed by atoms with van der Waals surface area (Å²) in [5.41, 5.74) is 9.55. The Morgan fingerprint density at radius 2 is 1.97 bits per heavy atom. The molecule has 0 amide bonds. The van der Waals surface area contributed by atoms with Crippen molar-refractivity contribution in [2.24, 2.45) is 5.73 Å². The highest BCUT2D eigenvalue weighted by Crippen LogP contribution is 2.21. The van der Waals surface area contributed by atoms with Crippen LogP contribution in [-0.4, -0.2) is 45.3 Å². The van der Waals surface area contributed by atoms with Gasteiger partial charge in [-0.1, -0.05) is 23.4 Å². The molecule has 2 aromatic carbocycles. The van der Waals surface area contributed by atoms with E-state index in [-0.39, 0.29) is 0 Å². The van der Waals surface area contributed by atoms with Gasteiger partial charge in [-0.2, -0.15) is 9.67 Å². The van der Waals surface area contributed by atoms with Crippen LogP contribution >= 0.6 is 0 Å². The molecule has 4 aromatic rings. The lowest BCUT2D eigenvalue weighted by Gasteiger charge is -2.08. The molecule has 0 saturated heterocycles. The summed E-state index contributed by atoms with van der Waals surface area (Å²) in [7, 11) is 1.64. The third-order valence-electron chi connectivity index (χ3n) is 4.26. The predicted molar refractivity (Wildman–Crippen MR) is 109 cm³/mol. The second-order valence-corrected chi connectivity index (χ2v) is 6.27. The zero-order chi connectivity index (χ0) is 20.1. The molecule has 0 aliphatic heterocycles. The number of fused-ring (bicyclic) bond motifs is 1. The number of nitrogens with two attached hydrogens (primary N) is 1. The van der Waals surface area contributed by atoms with Gasteiger partial charge in [0.2, 0.25) is 5.95 Å². The molecule has 3 N–H and O–H groups in total. The molecular formula is C20H21N7O2. The summed E-state index contributed by atoms with van der Waals surface area (Å²) in [5.74, 6) is 1.17. The molecule has 2 aromatic heterocycles. The molecule has 0 bridgehead atoms. The second kappa shape index (κ2) is 8.63. The number of anilines is 2. The first-order valence-corrected chi connectivity index (χ1v) is 9.13. The fourth-order valence-electron chi connectivity index (χ4n) is 2.76. The van der Waals surface area contributed by atoms with Gasteiger partial charge < -0.3 is 20.5 Å². The molecule has 0 unspecified atom stereocenters. The smallest absolute Gasteiger partial charge is 0.229 e. The van der Waals surface area contributed by atoms with E-state index in [1.54, 1.807) is 18.0 Å². The van der Waals surface area contributed by atoms with Crippen molar-refractivity contribution in [3.63, 3.8) is 0 Å². The van der Waals surface area contributed by atoms with E-state index in [0.717, 1.165) is 22.7 Å². The van der Waals surface area contributed by atoms with Crippen LogP contribution in [0.25, 0.3) is 16.9 Å². The molecule has 0 atom stereocenters. The largest absolute Gasteiger partial charge is 0.491 e. The minimum atomic E-state index is 0.453. The quantitative estimate of drug-likeness (QED) is 0.440. The van der Waals surface area contributed by atoms with Crippen LogP contribution in [0.2, 0.25) is 0 Å². The molecule has 9 heteroatoms. The summed E-state index contributed by atoms with van der Waals surface area (Å²) < 4.78 is 12.3. The summed E-state index contributed by atoms with van der Waals surface area (Å²) in [4.78, 5) is 8.90. The molecule has 0 aliphatic carbocycles. The van der Waals surface area contributed by atoms with E-state index in [0.29, 0.717) is 36.9 Å². The third-order valence-corrected chi connectivity index (χ3v) is 4.26. The fraction of sp³-hybridized carbons (Fsp3) is 0.200. The maximum absolute atomic E-state index is 5.68. The summed E-state index contributed by atoms with van der Waals surface area (Å²) >= 11 is 0. The highest BCUT2D eigenvalue weighted by molar-refractivity contribution is 5.73. The van der Waals surface area contributed by atoms with Gasteiger partial charge in [0.15, 0.2) is 11.2 Å². The minimum Gasteiger partial charge on any atom is -0.491 e. The van der Waals surface area contributed by atoms with Crippen LogP contribution in [0.1, 0.15) is 5.56 Å². The van der Waals surface area contributed by atoms with E-state index < -0.39 is 0 Å². The first-order valence-electron chi connectivity index (χ1n) is 9.13. The van der Waals surface area contributed by atoms with Crippen molar-refractivity contribution in [3.05, 3.63) is 60.3 Å². The average Bonchev–Trinajstić information content (AvgIpc) is 3.18. The number of hydrogen-bond donors (Lipinski definition) is 2. The SMILES string of the molecule is COCCOc1cccc(-n2nnc3cnc(Nc4ccc(CN)cc4)nc32)c1. The summed E-state index contributed by atoms with van der Waals surface area (Å²) in [6, 6.07) is 15.4. The van der Waals surface area contributed by atoms with E-state index >= 15 is 0 Å². The summed E-state index contributed by atoms with van der Waals surface area (Å²) in [6.07, 6.45) is 1.64. The van der Waals surface area contributed by atoms with Crippen LogP contribution in [0.15, 0.2) is 54.7 Å². The van der Waals surface area contributed by atoms with E-state index in [4.69, 9.17) is 15.2 Å². The van der Waals surface area contributed by atoms with E-state index in [1.165, 1.54) is 0 Å². The lowest BCUT2D eigenvalue weighted by molar-refractivity contribution is 0.146. The molecule has 9 nitrogen and oxygen atoms in total. The van der Waals surface area contributed by atoms with Gasteiger partial charge in [0, 0.05) is 25.4 Å². The van der Waals surface area contributed by atoms with Crippen molar-refractivity contribution in [2.75, 3.05) is 25.6 Å². The Balaban J connectivity index is 1.60. The van der Waals surface area contributed by atoms with Crippen molar-refractivity contribution in [2.45, 2.75) is 6.54 Å². The average molecular weight is 391 g/mol. The molecule has 0 aliphatic rings. The Kier molecular flexibility index (Phi) is 5.59. The number of aromatic nitrogens is 5. The highest BCUT2D eigenvalue weighted by Gasteiger charge is 2.11. The monoisotopic (exact) mass is 391 g/mol. The third kappa shape index (κ3) is 4.31. The van der Waals surface area contributed by atoms with E-state index in [9.17, 15) is 0 Å². The number of benzene rings is 2. The Hall–Kier alpha value is -3.56. The molecule has 148 valence electrons. The number of hydrogen-bond acceptors (Lipinski definition) is 8. The maximum atomic E-state index is 5.68. The second-order valence-electron chi connectivity index (χ2n) is 6.27. The van der Waals surface area contributed by atoms with Gasteiger partial charge in [0.05, 0.1) is 18.5 Å². The molecular weight excluding hydrogens is 370 g/mol. The minimum absolute atomic E-state index is 0.453. The molecule has 0 radical (unpaired) electrons. The van der Waals surface area contributed by atoms with Crippen LogP contribution in [0.3, 0.4) is 0 Å². The Labute approximate surface area is 167 Å². The first-order chi connectivity index (χ1) is 14.3. The molecule has 0 saturated carbocycles. The molecule has 0 fully saturated rings. The topological polar surface area (TPSA) is 113 Å². The van der Waals surface area contributed by atoms with Crippen LogP contribution in [-0.2, 0) is 11.3 Å². The van der Waals surface area contributed by atoms with Crippen molar-refractivity contribution in [3.8, 4) is 11.4 Å². The van der Waals surface area contributed by atoms with Gasteiger partial charge in [0.1, 0.15) is 12.4 Å². The van der Waals surface area contributed by atoms with Gasteiger partial charge in [-0.3, -0.25) is 0 Å². The van der Waals surface area contributed by atoms with E-state index in [2.05, 4.69) is 25.6 Å². The Morgan fingerprint density at radius 1 is 1.10 bits per heavy atom. The number of nitrogens with one attached hydrogen (secondary N) is 1. The van der Waals surface area contributed by atoms with Gasteiger partial charge in [-0.25, -0.2) is 4.98 Å². The van der Waals surface area contributed by atoms with Crippen molar-refractivity contribution >= 4 is 22.8 Å². The zero-order valence-electron chi connectivity index (χ0n) is 15.9. The predicted octanol–water partition coefficient (Wildman–Crippen LogP) is 2.44. The van der Waals surface area contributed by atoms with Crippen molar-refractivity contribution in [1.82, 2.24) is 25.0 Å². The van der Waals surface area contributed by atoms with Gasteiger partial charge in [-0.05, 0) is 29.8 Å². The van der Waals surface area contributed by atoms with Crippen LogP contribution in [0.4, 0.5) is 11.6 Å². The van der Waals surface area contributed by atoms with Crippen LogP contribution in [0.5, 0.6) is 5.75 Å². The number of nitrogens with zero attached hydrogens (tertiary/aromatic N) is 5. The van der Waals surface area contributed by atoms with Crippen LogP contribution < -0.4 is 15.8 Å². The fourth-order valence-corrected chi connectivity index (χ4v) is 2.76. The normalized spacial score (nSPS) is 11.0. The zero-order valence-corrected chi connectivity index (χ0v) is 15.9. The van der Waals surface area contributed by atoms with Crippen LogP contribution in [0, 0.1) is 0 Å². The van der Waals surface area contributed by atoms with E-state index in [1.807, 2.05) is 48.5 Å². The molecule has 2 heterocycles. The standard InChI is InChI=1S/C20H21N7O2/c1-28-9-10-29-17-4-2-3-16(11-17)27-19-18(25-26-27)13-22-20(24-19)23-15-7-5-14(12-21)6-8-15/h2-8,11,13H,9-10,12,21H2,1H3,(H,22,23,24). The number of ether oxygens (including phenoxy) is 2. The Bertz CT molecular complexity index is 1100. The van der Waals surface area contributed by atoms with Gasteiger partial charge >= 0.3 is 0 Å². The molecule has 29 heavy (non-hydrogen) atoms. The maximum Gasteiger partial charge on any atom is 0.229 e. The lowest BCUT2D eigenvalue weighted by atomic mass is 10.2. The summed E-state index contributed by atoms with van der Waals surface area (Å²) in [5, 5.41) is 11.6. The number of methoxy groups -OCH3 is 1. The van der Waals surface area contributed by atoms with Gasteiger partial charge in [0.25, 0.3) is 0 Å². The molecule has 0 spiro atoms. The molecule has 4 rings (SSSR count). The first kappa shape index (κ1) is 18.8. The highest BCUT2D eigenvalue weighted by atomic mass is 16.5. The van der Waals surface area contributed by atoms with Gasteiger partial charge in [-0.15, -0.1) is 5.10 Å². The number of rotatable bonds is 8. The lowest BCUT2D eigenvalue weighted by Crippen LogP contribution is -2.05.